The van der Waals surface area contributed by atoms with Crippen molar-refractivity contribution >= 4 is 29.0 Å². The average molecular weight is 422 g/mol. The lowest BCUT2D eigenvalue weighted by Crippen LogP contribution is -2.55. The smallest absolute Gasteiger partial charge is 0.259 e. The molecule has 0 bridgehead atoms. The van der Waals surface area contributed by atoms with Crippen LogP contribution < -0.4 is 16.0 Å². The summed E-state index contributed by atoms with van der Waals surface area (Å²) in [7, 11) is 0. The third kappa shape index (κ3) is 4.26. The van der Waals surface area contributed by atoms with Crippen molar-refractivity contribution in [3.8, 4) is 0 Å². The molecule has 158 valence electrons. The number of nitrogen functional groups attached to an aromatic ring is 1. The molecule has 0 aromatic heterocycles. The van der Waals surface area contributed by atoms with Gasteiger partial charge in [0.15, 0.2) is 29.7 Å². The van der Waals surface area contributed by atoms with Gasteiger partial charge in [0.25, 0.3) is 11.8 Å². The first kappa shape index (κ1) is 21.3. The Morgan fingerprint density at radius 2 is 1.83 bits per heavy atom. The molecule has 1 saturated heterocycles. The maximum Gasteiger partial charge on any atom is 0.259 e. The summed E-state index contributed by atoms with van der Waals surface area (Å²) in [6.45, 7) is -0.241. The van der Waals surface area contributed by atoms with Crippen molar-refractivity contribution in [3.63, 3.8) is 0 Å². The Morgan fingerprint density at radius 1 is 1.23 bits per heavy atom. The number of hydrogen-bond acceptors (Lipinski definition) is 5. The Balaban J connectivity index is 1.73. The van der Waals surface area contributed by atoms with Crippen LogP contribution in [0.15, 0.2) is 36.4 Å². The van der Waals surface area contributed by atoms with Gasteiger partial charge in [0, 0.05) is 35.6 Å². The van der Waals surface area contributed by atoms with Crippen LogP contribution in [0.25, 0.3) is 0 Å². The molecule has 2 atom stereocenters. The summed E-state index contributed by atoms with van der Waals surface area (Å²) >= 11 is 0. The van der Waals surface area contributed by atoms with Gasteiger partial charge in [-0.15, -0.1) is 0 Å². The predicted molar refractivity (Wildman–Crippen MR) is 101 cm³/mol. The van der Waals surface area contributed by atoms with Crippen LogP contribution in [0.2, 0.25) is 0 Å². The summed E-state index contributed by atoms with van der Waals surface area (Å²) in [6, 6.07) is 7.13. The first-order valence-electron chi connectivity index (χ1n) is 8.70. The third-order valence-electron chi connectivity index (χ3n) is 4.42. The van der Waals surface area contributed by atoms with Gasteiger partial charge >= 0.3 is 0 Å². The highest BCUT2D eigenvalue weighted by Crippen LogP contribution is 2.25. The van der Waals surface area contributed by atoms with Crippen molar-refractivity contribution in [1.82, 2.24) is 0 Å². The van der Waals surface area contributed by atoms with Crippen molar-refractivity contribution in [1.29, 1.82) is 5.41 Å². The number of aliphatic hydroxyl groups excluding tert-OH is 1. The number of halogens is 3. The van der Waals surface area contributed by atoms with Crippen LogP contribution in [0.3, 0.4) is 0 Å². The fourth-order valence-electron chi connectivity index (χ4n) is 2.87. The van der Waals surface area contributed by atoms with E-state index in [2.05, 4.69) is 5.32 Å². The SMILES string of the molecule is N=C(N)c1ccc(NC(=O)C(O)C2OCCN(c3cc(F)c(F)c(F)c3)C2=O)cc1. The highest BCUT2D eigenvalue weighted by Gasteiger charge is 2.39. The van der Waals surface area contributed by atoms with Gasteiger partial charge in [0.2, 0.25) is 0 Å². The van der Waals surface area contributed by atoms with Crippen molar-refractivity contribution in [2.45, 2.75) is 12.2 Å². The average Bonchev–Trinajstić information content (AvgIpc) is 2.71. The number of carbonyl (C=O) groups is 2. The van der Waals surface area contributed by atoms with Gasteiger partial charge in [-0.05, 0) is 24.3 Å². The Bertz CT molecular complexity index is 977. The number of aliphatic hydroxyl groups is 1. The molecule has 2 unspecified atom stereocenters. The summed E-state index contributed by atoms with van der Waals surface area (Å²) in [5.41, 5.74) is 5.77. The van der Waals surface area contributed by atoms with E-state index < -0.39 is 41.5 Å². The van der Waals surface area contributed by atoms with Crippen LogP contribution in [-0.2, 0) is 14.3 Å². The number of amides is 2. The van der Waals surface area contributed by atoms with Crippen LogP contribution in [0.4, 0.5) is 24.5 Å². The van der Waals surface area contributed by atoms with Crippen molar-refractivity contribution in [2.24, 2.45) is 5.73 Å². The van der Waals surface area contributed by atoms with Gasteiger partial charge in [0.1, 0.15) is 5.84 Å². The second kappa shape index (κ2) is 8.51. The summed E-state index contributed by atoms with van der Waals surface area (Å²) < 4.78 is 45.4. The van der Waals surface area contributed by atoms with Gasteiger partial charge in [-0.3, -0.25) is 15.0 Å². The second-order valence-electron chi connectivity index (χ2n) is 6.43. The lowest BCUT2D eigenvalue weighted by molar-refractivity contribution is -0.150. The fourth-order valence-corrected chi connectivity index (χ4v) is 2.87. The maximum atomic E-state index is 13.5. The number of rotatable bonds is 5. The number of amidine groups is 1. The third-order valence-corrected chi connectivity index (χ3v) is 4.42. The molecule has 11 heteroatoms. The van der Waals surface area contributed by atoms with E-state index >= 15 is 0 Å². The van der Waals surface area contributed by atoms with Crippen molar-refractivity contribution in [2.75, 3.05) is 23.4 Å². The first-order chi connectivity index (χ1) is 14.2. The summed E-state index contributed by atoms with van der Waals surface area (Å²) in [6.07, 6.45) is -3.56. The molecule has 2 amide bonds. The highest BCUT2D eigenvalue weighted by molar-refractivity contribution is 6.04. The van der Waals surface area contributed by atoms with E-state index in [4.69, 9.17) is 15.9 Å². The number of nitrogens with two attached hydrogens (primary N) is 1. The Hall–Kier alpha value is -3.44. The molecule has 0 radical (unpaired) electrons. The van der Waals surface area contributed by atoms with Crippen molar-refractivity contribution < 1.29 is 32.6 Å². The summed E-state index contributed by atoms with van der Waals surface area (Å²) in [4.78, 5) is 25.9. The molecule has 0 saturated carbocycles. The zero-order chi connectivity index (χ0) is 22.0. The van der Waals surface area contributed by atoms with Gasteiger partial charge < -0.3 is 25.8 Å². The monoisotopic (exact) mass is 422 g/mol. The predicted octanol–water partition coefficient (Wildman–Crippen LogP) is 1.12. The van der Waals surface area contributed by atoms with E-state index in [0.29, 0.717) is 17.7 Å². The molecule has 2 aromatic carbocycles. The second-order valence-corrected chi connectivity index (χ2v) is 6.43. The quantitative estimate of drug-likeness (QED) is 0.326. The molecule has 0 spiro atoms. The van der Waals surface area contributed by atoms with Crippen LogP contribution in [0.1, 0.15) is 5.56 Å². The number of benzene rings is 2. The van der Waals surface area contributed by atoms with E-state index in [0.717, 1.165) is 4.90 Å². The molecular formula is C19H17F3N4O4. The van der Waals surface area contributed by atoms with E-state index in [1.807, 2.05) is 0 Å². The van der Waals surface area contributed by atoms with E-state index in [9.17, 15) is 27.9 Å². The molecule has 3 rings (SSSR count). The standard InChI is InChI=1S/C19H17F3N4O4/c20-12-7-11(8-13(21)14(12)22)26-5-6-30-16(19(26)29)15(27)18(28)25-10-3-1-9(2-4-10)17(23)24/h1-4,7-8,15-16,27H,5-6H2,(H3,23,24)(H,25,28). The topological polar surface area (TPSA) is 129 Å². The van der Waals surface area contributed by atoms with E-state index in [-0.39, 0.29) is 30.4 Å². The summed E-state index contributed by atoms with van der Waals surface area (Å²) in [5.74, 6) is -6.67. The molecule has 0 aliphatic carbocycles. The molecule has 8 nitrogen and oxygen atoms in total. The van der Waals surface area contributed by atoms with Gasteiger partial charge in [-0.2, -0.15) is 0 Å². The first-order valence-corrected chi connectivity index (χ1v) is 8.70. The molecule has 1 aliphatic heterocycles. The van der Waals surface area contributed by atoms with E-state index in [1.54, 1.807) is 0 Å². The summed E-state index contributed by atoms with van der Waals surface area (Å²) in [5, 5.41) is 20.0. The Labute approximate surface area is 168 Å². The number of ether oxygens (including phenoxy) is 1. The minimum absolute atomic E-state index is 0.110. The maximum absolute atomic E-state index is 13.5. The molecule has 1 aliphatic rings. The lowest BCUT2D eigenvalue weighted by Gasteiger charge is -2.34. The largest absolute Gasteiger partial charge is 0.384 e. The highest BCUT2D eigenvalue weighted by atomic mass is 19.2. The minimum atomic E-state index is -1.93. The van der Waals surface area contributed by atoms with E-state index in [1.165, 1.54) is 24.3 Å². The molecular weight excluding hydrogens is 405 g/mol. The zero-order valence-corrected chi connectivity index (χ0v) is 15.4. The van der Waals surface area contributed by atoms with Gasteiger partial charge in [0.05, 0.1) is 6.61 Å². The molecule has 1 fully saturated rings. The Morgan fingerprint density at radius 3 is 2.40 bits per heavy atom. The molecule has 2 aromatic rings. The number of anilines is 2. The minimum Gasteiger partial charge on any atom is -0.384 e. The fraction of sp³-hybridized carbons (Fsp3) is 0.211. The normalized spacial score (nSPS) is 17.5. The lowest BCUT2D eigenvalue weighted by atomic mass is 10.1. The number of morpholine rings is 1. The number of hydrogen-bond donors (Lipinski definition) is 4. The molecule has 5 N–H and O–H groups in total. The van der Waals surface area contributed by atoms with Gasteiger partial charge in [-0.1, -0.05) is 0 Å². The van der Waals surface area contributed by atoms with Crippen LogP contribution in [0, 0.1) is 22.9 Å². The van der Waals surface area contributed by atoms with Crippen LogP contribution >= 0.6 is 0 Å². The van der Waals surface area contributed by atoms with Gasteiger partial charge in [-0.25, -0.2) is 13.2 Å². The van der Waals surface area contributed by atoms with Crippen LogP contribution in [-0.4, -0.2) is 48.1 Å². The Kier molecular flexibility index (Phi) is 6.04. The molecule has 1 heterocycles. The number of nitrogens with one attached hydrogen (secondary N) is 2. The number of carbonyl (C=O) groups excluding carboxylic acids is 2. The van der Waals surface area contributed by atoms with Crippen LogP contribution in [0.5, 0.6) is 0 Å². The van der Waals surface area contributed by atoms with Crippen molar-refractivity contribution in [3.05, 3.63) is 59.4 Å². The zero-order valence-electron chi connectivity index (χ0n) is 15.4. The molecule has 30 heavy (non-hydrogen) atoms. The number of nitrogens with zero attached hydrogens (tertiary/aromatic N) is 1.